The van der Waals surface area contributed by atoms with E-state index in [0.29, 0.717) is 28.1 Å². The van der Waals surface area contributed by atoms with Crippen LogP contribution >= 0.6 is 11.6 Å². The quantitative estimate of drug-likeness (QED) is 0.559. The molecule has 8 nitrogen and oxygen atoms in total. The van der Waals surface area contributed by atoms with Crippen LogP contribution in [0.2, 0.25) is 5.02 Å². The molecule has 0 spiro atoms. The van der Waals surface area contributed by atoms with Crippen molar-refractivity contribution in [2.45, 2.75) is 37.6 Å². The van der Waals surface area contributed by atoms with Crippen molar-refractivity contribution in [1.29, 1.82) is 0 Å². The van der Waals surface area contributed by atoms with Gasteiger partial charge in [0, 0.05) is 23.1 Å². The molecule has 0 unspecified atom stereocenters. The van der Waals surface area contributed by atoms with Crippen LogP contribution in [0.4, 0.5) is 13.2 Å². The summed E-state index contributed by atoms with van der Waals surface area (Å²) in [5, 5.41) is 10.9. The Kier molecular flexibility index (Phi) is 5.71. The summed E-state index contributed by atoms with van der Waals surface area (Å²) < 4.78 is 51.4. The maximum absolute atomic E-state index is 12.2. The van der Waals surface area contributed by atoms with Crippen molar-refractivity contribution in [1.82, 2.24) is 20.5 Å². The molecular formula is C19H16ClF3N4O4. The second-order valence-electron chi connectivity index (χ2n) is 7.04. The molecule has 1 aliphatic carbocycles. The Morgan fingerprint density at radius 3 is 2.77 bits per heavy atom. The number of amides is 1. The average Bonchev–Trinajstić information content (AvgIpc) is 3.30. The first-order valence-electron chi connectivity index (χ1n) is 9.28. The fraction of sp³-hybridized carbons (Fsp3) is 0.368. The molecule has 1 aliphatic rings. The third-order valence-electron chi connectivity index (χ3n) is 4.74. The summed E-state index contributed by atoms with van der Waals surface area (Å²) in [7, 11) is 0. The zero-order valence-electron chi connectivity index (χ0n) is 15.9. The molecule has 0 bridgehead atoms. The molecule has 1 saturated carbocycles. The van der Waals surface area contributed by atoms with Gasteiger partial charge in [-0.15, -0.1) is 23.4 Å². The minimum atomic E-state index is -4.65. The van der Waals surface area contributed by atoms with Gasteiger partial charge >= 0.3 is 12.3 Å². The number of benzene rings is 1. The number of hydrogen-bond acceptors (Lipinski definition) is 7. The van der Waals surface area contributed by atoms with E-state index in [1.54, 1.807) is 18.2 Å². The van der Waals surface area contributed by atoms with Gasteiger partial charge in [-0.05, 0) is 37.5 Å². The number of halogens is 4. The smallest absolute Gasteiger partial charge is 0.432 e. The number of hydrogen-bond donors (Lipinski definition) is 1. The fourth-order valence-electron chi connectivity index (χ4n) is 3.10. The minimum absolute atomic E-state index is 0.0939. The zero-order valence-corrected chi connectivity index (χ0v) is 16.7. The number of oxazole rings is 1. The molecule has 1 amide bonds. The first-order valence-corrected chi connectivity index (χ1v) is 9.66. The predicted octanol–water partition coefficient (Wildman–Crippen LogP) is 4.48. The normalized spacial score (nSPS) is 18.7. The highest BCUT2D eigenvalue weighted by Gasteiger charge is 2.42. The van der Waals surface area contributed by atoms with Crippen LogP contribution in [-0.2, 0) is 4.74 Å². The predicted molar refractivity (Wildman–Crippen MR) is 102 cm³/mol. The van der Waals surface area contributed by atoms with Gasteiger partial charge in [-0.2, -0.15) is 0 Å². The van der Waals surface area contributed by atoms with Crippen molar-refractivity contribution >= 4 is 34.2 Å². The van der Waals surface area contributed by atoms with Crippen LogP contribution in [0.3, 0.4) is 0 Å². The van der Waals surface area contributed by atoms with Crippen molar-refractivity contribution in [3.63, 3.8) is 0 Å². The van der Waals surface area contributed by atoms with E-state index in [0.717, 1.165) is 0 Å². The molecule has 31 heavy (non-hydrogen) atoms. The minimum Gasteiger partial charge on any atom is -0.432 e. The van der Waals surface area contributed by atoms with Gasteiger partial charge < -0.3 is 14.2 Å². The average molecular weight is 457 g/mol. The van der Waals surface area contributed by atoms with Crippen LogP contribution in [0.15, 0.2) is 33.6 Å². The Morgan fingerprint density at radius 2 is 2.03 bits per heavy atom. The standard InChI is InChI=1S/C19H16ClF3N4O4/c1-9(16-26-27-17(30-16)10-6-12(7-10)31-19(21,22)23)4-5-24-15(28)18-25-13-8-11(20)2-3-14(13)29-18/h2-3,8,10,12H,1,4-7H2,(H,24,28)/t10-,12+. The Hall–Kier alpha value is -2.92. The largest absolute Gasteiger partial charge is 0.522 e. The van der Waals surface area contributed by atoms with Crippen LogP contribution < -0.4 is 5.32 Å². The van der Waals surface area contributed by atoms with E-state index in [1.807, 2.05) is 0 Å². The monoisotopic (exact) mass is 456 g/mol. The van der Waals surface area contributed by atoms with E-state index in [2.05, 4.69) is 31.8 Å². The van der Waals surface area contributed by atoms with Gasteiger partial charge in [0.25, 0.3) is 5.89 Å². The van der Waals surface area contributed by atoms with Crippen molar-refractivity contribution in [2.24, 2.45) is 0 Å². The Balaban J connectivity index is 1.25. The molecule has 1 aromatic carbocycles. The molecule has 1 fully saturated rings. The highest BCUT2D eigenvalue weighted by Crippen LogP contribution is 2.41. The lowest BCUT2D eigenvalue weighted by Gasteiger charge is -2.32. The summed E-state index contributed by atoms with van der Waals surface area (Å²) in [6.45, 7) is 4.05. The number of aromatic nitrogens is 3. The third kappa shape index (κ3) is 5.05. The number of fused-ring (bicyclic) bond motifs is 1. The van der Waals surface area contributed by atoms with E-state index in [9.17, 15) is 18.0 Å². The topological polar surface area (TPSA) is 103 Å². The molecule has 0 saturated heterocycles. The summed E-state index contributed by atoms with van der Waals surface area (Å²) in [5.41, 5.74) is 1.39. The first-order chi connectivity index (χ1) is 14.7. The number of ether oxygens (including phenoxy) is 1. The SMILES string of the molecule is C=C(CCNC(=O)c1nc2cc(Cl)ccc2o1)c1nnc([C@H]2C[C@@H](OC(F)(F)F)C2)o1. The summed E-state index contributed by atoms with van der Waals surface area (Å²) >= 11 is 5.89. The summed E-state index contributed by atoms with van der Waals surface area (Å²) in [5.74, 6) is -0.470. The van der Waals surface area contributed by atoms with Crippen LogP contribution in [0, 0.1) is 0 Å². The third-order valence-corrected chi connectivity index (χ3v) is 4.98. The van der Waals surface area contributed by atoms with Gasteiger partial charge in [-0.1, -0.05) is 18.2 Å². The lowest BCUT2D eigenvalue weighted by molar-refractivity contribution is -0.352. The molecule has 0 radical (unpaired) electrons. The summed E-state index contributed by atoms with van der Waals surface area (Å²) in [6.07, 6.45) is -4.94. The van der Waals surface area contributed by atoms with Crippen molar-refractivity contribution < 1.29 is 31.5 Å². The molecule has 164 valence electrons. The number of rotatable bonds is 7. The maximum atomic E-state index is 12.2. The summed E-state index contributed by atoms with van der Waals surface area (Å²) in [6, 6.07) is 4.84. The lowest BCUT2D eigenvalue weighted by Crippen LogP contribution is -2.34. The fourth-order valence-corrected chi connectivity index (χ4v) is 3.27. The molecule has 0 atom stereocenters. The van der Waals surface area contributed by atoms with Crippen molar-refractivity contribution in [3.05, 3.63) is 47.5 Å². The molecule has 4 rings (SSSR count). The van der Waals surface area contributed by atoms with Gasteiger partial charge in [0.05, 0.1) is 6.10 Å². The van der Waals surface area contributed by atoms with E-state index < -0.39 is 18.4 Å². The second kappa shape index (κ2) is 8.31. The van der Waals surface area contributed by atoms with E-state index in [-0.39, 0.29) is 43.0 Å². The maximum Gasteiger partial charge on any atom is 0.522 e. The molecular weight excluding hydrogens is 441 g/mol. The number of nitrogens with zero attached hydrogens (tertiary/aromatic N) is 3. The number of carbonyl (C=O) groups excluding carboxylic acids is 1. The van der Waals surface area contributed by atoms with Gasteiger partial charge in [-0.3, -0.25) is 9.53 Å². The van der Waals surface area contributed by atoms with Crippen molar-refractivity contribution in [3.8, 4) is 0 Å². The van der Waals surface area contributed by atoms with Gasteiger partial charge in [0.2, 0.25) is 11.8 Å². The number of alkyl halides is 3. The van der Waals surface area contributed by atoms with Crippen LogP contribution in [-0.4, -0.2) is 40.1 Å². The number of nitrogens with one attached hydrogen (secondary N) is 1. The van der Waals surface area contributed by atoms with E-state index >= 15 is 0 Å². The molecule has 12 heteroatoms. The zero-order chi connectivity index (χ0) is 22.2. The van der Waals surface area contributed by atoms with Crippen LogP contribution in [0.25, 0.3) is 16.7 Å². The molecule has 2 heterocycles. The van der Waals surface area contributed by atoms with E-state index in [4.69, 9.17) is 20.4 Å². The Morgan fingerprint density at radius 1 is 1.26 bits per heavy atom. The molecule has 3 aromatic rings. The summed E-state index contributed by atoms with van der Waals surface area (Å²) in [4.78, 5) is 16.3. The highest BCUT2D eigenvalue weighted by molar-refractivity contribution is 6.31. The highest BCUT2D eigenvalue weighted by atomic mass is 35.5. The first kappa shape index (κ1) is 21.3. The lowest BCUT2D eigenvalue weighted by atomic mass is 9.82. The molecule has 0 aliphatic heterocycles. The van der Waals surface area contributed by atoms with Crippen molar-refractivity contribution in [2.75, 3.05) is 6.54 Å². The van der Waals surface area contributed by atoms with Gasteiger partial charge in [0.15, 0.2) is 5.58 Å². The molecule has 1 N–H and O–H groups in total. The van der Waals surface area contributed by atoms with Gasteiger partial charge in [-0.25, -0.2) is 4.98 Å². The second-order valence-corrected chi connectivity index (χ2v) is 7.48. The number of carbonyl (C=O) groups is 1. The Bertz CT molecular complexity index is 1120. The van der Waals surface area contributed by atoms with Gasteiger partial charge in [0.1, 0.15) is 5.52 Å². The molecule has 2 aromatic heterocycles. The van der Waals surface area contributed by atoms with Crippen LogP contribution in [0.5, 0.6) is 0 Å². The Labute approximate surface area is 178 Å². The van der Waals surface area contributed by atoms with Crippen LogP contribution in [0.1, 0.15) is 47.6 Å². The van der Waals surface area contributed by atoms with E-state index in [1.165, 1.54) is 0 Å².